The maximum atomic E-state index is 14.1. The number of hydrogen-bond donors (Lipinski definition) is 1. The summed E-state index contributed by atoms with van der Waals surface area (Å²) >= 11 is 2.05. The van der Waals surface area contributed by atoms with Gasteiger partial charge in [0, 0.05) is 9.13 Å². The summed E-state index contributed by atoms with van der Waals surface area (Å²) < 4.78 is 14.9. The second kappa shape index (κ2) is 5.69. The Morgan fingerprint density at radius 1 is 1.26 bits per heavy atom. The SMILES string of the molecule is CC(C(=O)O)c1cc(F)c(-c2ccccc2)cc1I. The number of halogens is 2. The molecule has 0 aliphatic carbocycles. The van der Waals surface area contributed by atoms with E-state index in [1.54, 1.807) is 13.0 Å². The number of carboxylic acid groups (broad SMARTS) is 1. The van der Waals surface area contributed by atoms with E-state index in [2.05, 4.69) is 0 Å². The van der Waals surface area contributed by atoms with E-state index >= 15 is 0 Å². The van der Waals surface area contributed by atoms with Crippen LogP contribution in [0.3, 0.4) is 0 Å². The van der Waals surface area contributed by atoms with Gasteiger partial charge >= 0.3 is 5.97 Å². The highest BCUT2D eigenvalue weighted by Crippen LogP contribution is 2.30. The first-order valence-corrected chi connectivity index (χ1v) is 6.85. The third-order valence-electron chi connectivity index (χ3n) is 3.01. The molecule has 0 heterocycles. The zero-order valence-electron chi connectivity index (χ0n) is 10.2. The molecule has 0 amide bonds. The highest BCUT2D eigenvalue weighted by Gasteiger charge is 2.19. The fourth-order valence-corrected chi connectivity index (χ4v) is 2.80. The highest BCUT2D eigenvalue weighted by molar-refractivity contribution is 14.1. The van der Waals surface area contributed by atoms with Gasteiger partial charge in [0.1, 0.15) is 5.82 Å². The van der Waals surface area contributed by atoms with Crippen LogP contribution in [-0.4, -0.2) is 11.1 Å². The molecule has 1 unspecified atom stereocenters. The van der Waals surface area contributed by atoms with E-state index in [1.165, 1.54) is 6.07 Å². The van der Waals surface area contributed by atoms with E-state index in [4.69, 9.17) is 5.11 Å². The van der Waals surface area contributed by atoms with Gasteiger partial charge < -0.3 is 5.11 Å². The average molecular weight is 370 g/mol. The van der Waals surface area contributed by atoms with E-state index < -0.39 is 17.7 Å². The largest absolute Gasteiger partial charge is 0.481 e. The van der Waals surface area contributed by atoms with Crippen molar-refractivity contribution in [3.05, 3.63) is 57.4 Å². The third-order valence-corrected chi connectivity index (χ3v) is 3.94. The summed E-state index contributed by atoms with van der Waals surface area (Å²) in [6, 6.07) is 12.2. The summed E-state index contributed by atoms with van der Waals surface area (Å²) in [4.78, 5) is 11.0. The number of benzene rings is 2. The first kappa shape index (κ1) is 14.0. The Hall–Kier alpha value is -1.43. The van der Waals surface area contributed by atoms with Crippen molar-refractivity contribution in [3.8, 4) is 11.1 Å². The minimum atomic E-state index is -0.954. The van der Waals surface area contributed by atoms with Gasteiger partial charge in [-0.2, -0.15) is 0 Å². The van der Waals surface area contributed by atoms with Crippen molar-refractivity contribution in [1.82, 2.24) is 0 Å². The van der Waals surface area contributed by atoms with Crippen LogP contribution in [0, 0.1) is 9.39 Å². The van der Waals surface area contributed by atoms with Gasteiger partial charge in [-0.05, 0) is 52.8 Å². The maximum Gasteiger partial charge on any atom is 0.310 e. The monoisotopic (exact) mass is 370 g/mol. The van der Waals surface area contributed by atoms with E-state index in [0.717, 1.165) is 9.13 Å². The first-order valence-electron chi connectivity index (χ1n) is 5.78. The molecule has 0 saturated carbocycles. The number of carbonyl (C=O) groups is 1. The average Bonchev–Trinajstić information content (AvgIpc) is 2.41. The molecule has 0 aliphatic heterocycles. The molecular weight excluding hydrogens is 358 g/mol. The normalized spacial score (nSPS) is 12.2. The lowest BCUT2D eigenvalue weighted by Crippen LogP contribution is -2.09. The number of aliphatic carboxylic acids is 1. The predicted octanol–water partition coefficient (Wildman–Crippen LogP) is 4.29. The molecule has 2 nitrogen and oxygen atoms in total. The van der Waals surface area contributed by atoms with Gasteiger partial charge in [-0.15, -0.1) is 0 Å². The van der Waals surface area contributed by atoms with Crippen LogP contribution in [0.5, 0.6) is 0 Å². The fraction of sp³-hybridized carbons (Fsp3) is 0.133. The second-order valence-corrected chi connectivity index (χ2v) is 5.44. The summed E-state index contributed by atoms with van der Waals surface area (Å²) in [7, 11) is 0. The van der Waals surface area contributed by atoms with Crippen LogP contribution >= 0.6 is 22.6 Å². The smallest absolute Gasteiger partial charge is 0.310 e. The van der Waals surface area contributed by atoms with Crippen LogP contribution in [0.1, 0.15) is 18.4 Å². The van der Waals surface area contributed by atoms with Crippen molar-refractivity contribution in [2.45, 2.75) is 12.8 Å². The molecule has 2 aromatic rings. The Morgan fingerprint density at radius 3 is 2.47 bits per heavy atom. The van der Waals surface area contributed by atoms with Gasteiger partial charge in [0.05, 0.1) is 5.92 Å². The lowest BCUT2D eigenvalue weighted by atomic mass is 9.97. The molecule has 98 valence electrons. The van der Waals surface area contributed by atoms with Gasteiger partial charge in [0.15, 0.2) is 0 Å². The zero-order valence-corrected chi connectivity index (χ0v) is 12.4. The molecular formula is C15H12FIO2. The van der Waals surface area contributed by atoms with Crippen molar-refractivity contribution in [3.63, 3.8) is 0 Å². The lowest BCUT2D eigenvalue weighted by Gasteiger charge is -2.12. The van der Waals surface area contributed by atoms with Crippen LogP contribution in [0.2, 0.25) is 0 Å². The predicted molar refractivity (Wildman–Crippen MR) is 80.6 cm³/mol. The van der Waals surface area contributed by atoms with E-state index in [0.29, 0.717) is 11.1 Å². The van der Waals surface area contributed by atoms with Crippen LogP contribution in [0.4, 0.5) is 4.39 Å². The lowest BCUT2D eigenvalue weighted by molar-refractivity contribution is -0.138. The molecule has 19 heavy (non-hydrogen) atoms. The molecule has 0 fully saturated rings. The molecule has 2 aromatic carbocycles. The minimum Gasteiger partial charge on any atom is -0.481 e. The highest BCUT2D eigenvalue weighted by atomic mass is 127. The van der Waals surface area contributed by atoms with Crippen LogP contribution in [0.25, 0.3) is 11.1 Å². The van der Waals surface area contributed by atoms with Crippen molar-refractivity contribution in [2.24, 2.45) is 0 Å². The maximum absolute atomic E-state index is 14.1. The Balaban J connectivity index is 2.52. The van der Waals surface area contributed by atoms with Gasteiger partial charge in [-0.25, -0.2) is 4.39 Å². The summed E-state index contributed by atoms with van der Waals surface area (Å²) in [5.41, 5.74) is 1.78. The van der Waals surface area contributed by atoms with Crippen LogP contribution < -0.4 is 0 Å². The van der Waals surface area contributed by atoms with Gasteiger partial charge in [-0.1, -0.05) is 30.3 Å². The Labute approximate surface area is 124 Å². The van der Waals surface area contributed by atoms with E-state index in [-0.39, 0.29) is 0 Å². The van der Waals surface area contributed by atoms with Crippen LogP contribution in [0.15, 0.2) is 42.5 Å². The fourth-order valence-electron chi connectivity index (χ4n) is 1.87. The third kappa shape index (κ3) is 2.94. The molecule has 0 radical (unpaired) electrons. The van der Waals surface area contributed by atoms with Crippen molar-refractivity contribution < 1.29 is 14.3 Å². The minimum absolute atomic E-state index is 0.394. The topological polar surface area (TPSA) is 37.3 Å². The molecule has 2 rings (SSSR count). The number of rotatable bonds is 3. The second-order valence-electron chi connectivity index (χ2n) is 4.28. The van der Waals surface area contributed by atoms with Gasteiger partial charge in [0.25, 0.3) is 0 Å². The zero-order chi connectivity index (χ0) is 14.0. The summed E-state index contributed by atoms with van der Waals surface area (Å²) in [6.07, 6.45) is 0. The van der Waals surface area contributed by atoms with Gasteiger partial charge in [0.2, 0.25) is 0 Å². The molecule has 4 heteroatoms. The molecule has 0 aliphatic rings. The molecule has 0 spiro atoms. The Bertz CT molecular complexity index is 611. The molecule has 1 atom stereocenters. The molecule has 1 N–H and O–H groups in total. The van der Waals surface area contributed by atoms with Crippen LogP contribution in [-0.2, 0) is 4.79 Å². The molecule has 0 aromatic heterocycles. The molecule has 0 bridgehead atoms. The van der Waals surface area contributed by atoms with Crippen molar-refractivity contribution in [1.29, 1.82) is 0 Å². The number of carboxylic acids is 1. The first-order chi connectivity index (χ1) is 9.00. The standard InChI is InChI=1S/C15H12FIO2/c1-9(15(18)19)11-7-13(16)12(8-14(11)17)10-5-3-2-4-6-10/h2-9H,1H3,(H,18,19). The summed E-state index contributed by atoms with van der Waals surface area (Å²) in [5.74, 6) is -2.06. The summed E-state index contributed by atoms with van der Waals surface area (Å²) in [6.45, 7) is 1.56. The Kier molecular flexibility index (Phi) is 4.19. The van der Waals surface area contributed by atoms with Gasteiger partial charge in [-0.3, -0.25) is 4.79 Å². The quantitative estimate of drug-likeness (QED) is 0.819. The van der Waals surface area contributed by atoms with E-state index in [9.17, 15) is 9.18 Å². The summed E-state index contributed by atoms with van der Waals surface area (Å²) in [5, 5.41) is 9.01. The number of hydrogen-bond acceptors (Lipinski definition) is 1. The Morgan fingerprint density at radius 2 is 1.89 bits per heavy atom. The van der Waals surface area contributed by atoms with E-state index in [1.807, 2.05) is 52.9 Å². The van der Waals surface area contributed by atoms with Crippen molar-refractivity contribution >= 4 is 28.6 Å². The molecule has 0 saturated heterocycles. The van der Waals surface area contributed by atoms with Crippen molar-refractivity contribution in [2.75, 3.05) is 0 Å².